The van der Waals surface area contributed by atoms with Crippen LogP contribution in [0.4, 0.5) is 0 Å². The summed E-state index contributed by atoms with van der Waals surface area (Å²) in [5.41, 5.74) is 3.23. The van der Waals surface area contributed by atoms with Gasteiger partial charge in [0.1, 0.15) is 0 Å². The molecule has 112 valence electrons. The van der Waals surface area contributed by atoms with Crippen LogP contribution in [0.2, 0.25) is 0 Å². The average molecular weight is 273 g/mol. The maximum absolute atomic E-state index is 3.88. The summed E-state index contributed by atoms with van der Waals surface area (Å²) in [5, 5.41) is 3.88. The predicted octanol–water partition coefficient (Wildman–Crippen LogP) is 4.91. The zero-order valence-electron chi connectivity index (χ0n) is 13.7. The van der Waals surface area contributed by atoms with Crippen LogP contribution in [0.5, 0.6) is 0 Å². The molecule has 1 aromatic rings. The highest BCUT2D eigenvalue weighted by Gasteiger charge is 2.33. The molecule has 0 saturated carbocycles. The van der Waals surface area contributed by atoms with Crippen molar-refractivity contribution in [1.82, 2.24) is 5.32 Å². The fraction of sp³-hybridized carbons (Fsp3) is 0.684. The van der Waals surface area contributed by atoms with Gasteiger partial charge < -0.3 is 5.32 Å². The van der Waals surface area contributed by atoms with Crippen LogP contribution >= 0.6 is 0 Å². The molecule has 1 fully saturated rings. The Bertz CT molecular complexity index is 394. The van der Waals surface area contributed by atoms with Crippen molar-refractivity contribution >= 4 is 0 Å². The summed E-state index contributed by atoms with van der Waals surface area (Å²) >= 11 is 0. The largest absolute Gasteiger partial charge is 0.311 e. The Kier molecular flexibility index (Phi) is 5.26. The Morgan fingerprint density at radius 1 is 1.00 bits per heavy atom. The summed E-state index contributed by atoms with van der Waals surface area (Å²) in [5.74, 6) is 1.31. The van der Waals surface area contributed by atoms with E-state index in [2.05, 4.69) is 57.3 Å². The van der Waals surface area contributed by atoms with Gasteiger partial charge in [-0.15, -0.1) is 0 Å². The van der Waals surface area contributed by atoms with Crippen molar-refractivity contribution in [2.45, 2.75) is 71.3 Å². The van der Waals surface area contributed by atoms with Crippen LogP contribution in [0.25, 0.3) is 0 Å². The molecule has 0 bridgehead atoms. The van der Waals surface area contributed by atoms with E-state index in [4.69, 9.17) is 0 Å². The van der Waals surface area contributed by atoms with Gasteiger partial charge in [0, 0.05) is 5.54 Å². The minimum atomic E-state index is 0.301. The summed E-state index contributed by atoms with van der Waals surface area (Å²) in [6, 6.07) is 9.30. The summed E-state index contributed by atoms with van der Waals surface area (Å²) in [4.78, 5) is 0. The number of rotatable bonds is 4. The van der Waals surface area contributed by atoms with Crippen molar-refractivity contribution in [2.75, 3.05) is 6.54 Å². The second kappa shape index (κ2) is 6.76. The number of hydrogen-bond acceptors (Lipinski definition) is 1. The first-order valence-electron chi connectivity index (χ1n) is 8.37. The fourth-order valence-corrected chi connectivity index (χ4v) is 3.40. The lowest BCUT2D eigenvalue weighted by atomic mass is 9.77. The molecular formula is C19H31N. The van der Waals surface area contributed by atoms with Gasteiger partial charge in [-0.05, 0) is 48.8 Å². The van der Waals surface area contributed by atoms with Gasteiger partial charge in [-0.2, -0.15) is 0 Å². The van der Waals surface area contributed by atoms with Crippen LogP contribution in [-0.4, -0.2) is 12.1 Å². The monoisotopic (exact) mass is 273 g/mol. The van der Waals surface area contributed by atoms with Crippen molar-refractivity contribution in [2.24, 2.45) is 5.92 Å². The third-order valence-corrected chi connectivity index (χ3v) is 5.05. The maximum Gasteiger partial charge on any atom is 0.0244 e. The van der Waals surface area contributed by atoms with Crippen LogP contribution in [0.3, 0.4) is 0 Å². The predicted molar refractivity (Wildman–Crippen MR) is 88.3 cm³/mol. The summed E-state index contributed by atoms with van der Waals surface area (Å²) in [6.45, 7) is 10.5. The summed E-state index contributed by atoms with van der Waals surface area (Å²) in [6.07, 6.45) is 6.57. The van der Waals surface area contributed by atoms with Crippen molar-refractivity contribution in [1.29, 1.82) is 0 Å². The van der Waals surface area contributed by atoms with Crippen LogP contribution in [0.1, 0.15) is 70.4 Å². The lowest BCUT2D eigenvalue weighted by molar-refractivity contribution is 0.226. The van der Waals surface area contributed by atoms with E-state index in [1.165, 1.54) is 49.8 Å². The van der Waals surface area contributed by atoms with Gasteiger partial charge in [-0.25, -0.2) is 0 Å². The molecular weight excluding hydrogens is 242 g/mol. The van der Waals surface area contributed by atoms with Gasteiger partial charge in [-0.1, -0.05) is 64.8 Å². The molecule has 1 unspecified atom stereocenters. The average Bonchev–Trinajstić information content (AvgIpc) is 2.66. The zero-order valence-corrected chi connectivity index (χ0v) is 13.7. The van der Waals surface area contributed by atoms with E-state index in [1.807, 2.05) is 0 Å². The van der Waals surface area contributed by atoms with Gasteiger partial charge in [0.05, 0.1) is 0 Å². The van der Waals surface area contributed by atoms with Gasteiger partial charge in [0.25, 0.3) is 0 Å². The zero-order chi connectivity index (χ0) is 14.6. The first kappa shape index (κ1) is 15.6. The second-order valence-corrected chi connectivity index (χ2v) is 7.12. The van der Waals surface area contributed by atoms with Crippen molar-refractivity contribution in [3.8, 4) is 0 Å². The van der Waals surface area contributed by atoms with E-state index in [0.717, 1.165) is 0 Å². The number of benzene rings is 1. The Morgan fingerprint density at radius 2 is 1.70 bits per heavy atom. The van der Waals surface area contributed by atoms with Gasteiger partial charge >= 0.3 is 0 Å². The third-order valence-electron chi connectivity index (χ3n) is 5.05. The Balaban J connectivity index is 2.15. The lowest BCUT2D eigenvalue weighted by Gasteiger charge is -2.38. The van der Waals surface area contributed by atoms with E-state index in [0.29, 0.717) is 17.4 Å². The standard InChI is InChI=1S/C19H31N/c1-15(2)18-10-8-17(9-11-18)14-19(16(3)4)12-6-5-7-13-20-19/h8-11,15-16,20H,5-7,12-14H2,1-4H3. The molecule has 0 aliphatic carbocycles. The molecule has 1 heterocycles. The van der Waals surface area contributed by atoms with E-state index < -0.39 is 0 Å². The molecule has 1 atom stereocenters. The second-order valence-electron chi connectivity index (χ2n) is 7.12. The van der Waals surface area contributed by atoms with E-state index in [9.17, 15) is 0 Å². The molecule has 0 aromatic heterocycles. The number of hydrogen-bond donors (Lipinski definition) is 1. The van der Waals surface area contributed by atoms with Crippen LogP contribution in [0, 0.1) is 5.92 Å². The highest BCUT2D eigenvalue weighted by Crippen LogP contribution is 2.31. The highest BCUT2D eigenvalue weighted by molar-refractivity contribution is 5.26. The summed E-state index contributed by atoms with van der Waals surface area (Å²) < 4.78 is 0. The quantitative estimate of drug-likeness (QED) is 0.822. The normalized spacial score (nSPS) is 24.1. The third kappa shape index (κ3) is 3.63. The first-order valence-corrected chi connectivity index (χ1v) is 8.37. The van der Waals surface area contributed by atoms with E-state index in [-0.39, 0.29) is 0 Å². The highest BCUT2D eigenvalue weighted by atomic mass is 15.0. The van der Waals surface area contributed by atoms with Crippen molar-refractivity contribution in [3.05, 3.63) is 35.4 Å². The molecule has 1 aliphatic rings. The smallest absolute Gasteiger partial charge is 0.0244 e. The molecule has 2 rings (SSSR count). The molecule has 1 N–H and O–H groups in total. The fourth-order valence-electron chi connectivity index (χ4n) is 3.40. The Morgan fingerprint density at radius 3 is 2.30 bits per heavy atom. The SMILES string of the molecule is CC(C)c1ccc(CC2(C(C)C)CCCCCN2)cc1. The Hall–Kier alpha value is -0.820. The van der Waals surface area contributed by atoms with Crippen molar-refractivity contribution < 1.29 is 0 Å². The minimum absolute atomic E-state index is 0.301. The summed E-state index contributed by atoms with van der Waals surface area (Å²) in [7, 11) is 0. The van der Waals surface area contributed by atoms with Crippen LogP contribution < -0.4 is 5.32 Å². The molecule has 20 heavy (non-hydrogen) atoms. The molecule has 0 amide bonds. The topological polar surface area (TPSA) is 12.0 Å². The molecule has 1 aromatic carbocycles. The van der Waals surface area contributed by atoms with E-state index >= 15 is 0 Å². The molecule has 0 radical (unpaired) electrons. The minimum Gasteiger partial charge on any atom is -0.311 e. The Labute approximate surface area is 125 Å². The van der Waals surface area contributed by atoms with Crippen LogP contribution in [-0.2, 0) is 6.42 Å². The van der Waals surface area contributed by atoms with E-state index in [1.54, 1.807) is 0 Å². The molecule has 0 spiro atoms. The maximum atomic E-state index is 3.88. The van der Waals surface area contributed by atoms with Crippen molar-refractivity contribution in [3.63, 3.8) is 0 Å². The number of nitrogens with one attached hydrogen (secondary N) is 1. The molecule has 1 saturated heterocycles. The van der Waals surface area contributed by atoms with Crippen LogP contribution in [0.15, 0.2) is 24.3 Å². The van der Waals surface area contributed by atoms with Gasteiger partial charge in [-0.3, -0.25) is 0 Å². The first-order chi connectivity index (χ1) is 9.53. The van der Waals surface area contributed by atoms with Gasteiger partial charge in [0.15, 0.2) is 0 Å². The molecule has 1 aliphatic heterocycles. The van der Waals surface area contributed by atoms with Gasteiger partial charge in [0.2, 0.25) is 0 Å². The lowest BCUT2D eigenvalue weighted by Crippen LogP contribution is -2.50. The molecule has 1 heteroatoms. The molecule has 1 nitrogen and oxygen atoms in total.